The third-order valence-corrected chi connectivity index (χ3v) is 4.08. The van der Waals surface area contributed by atoms with E-state index in [-0.39, 0.29) is 0 Å². The Hall–Kier alpha value is -2.60. The molecule has 0 heterocycles. The van der Waals surface area contributed by atoms with Crippen LogP contribution >= 0.6 is 12.2 Å². The minimum atomic E-state index is 0.435. The van der Waals surface area contributed by atoms with Crippen LogP contribution in [0.3, 0.4) is 0 Å². The van der Waals surface area contributed by atoms with Gasteiger partial charge in [0.05, 0.1) is 19.9 Å². The summed E-state index contributed by atoms with van der Waals surface area (Å²) in [7, 11) is 1.62. The van der Waals surface area contributed by atoms with Crippen LogP contribution < -0.4 is 20.2 Å². The van der Waals surface area contributed by atoms with Gasteiger partial charge in [0.2, 0.25) is 0 Å². The first-order valence-corrected chi connectivity index (χ1v) is 8.93. The molecule has 0 saturated carbocycles. The normalized spacial score (nSPS) is 10.6. The number of nitrogens with zero attached hydrogens (tertiary/aromatic N) is 1. The topological polar surface area (TPSA) is 54.9 Å². The van der Waals surface area contributed by atoms with Crippen molar-refractivity contribution in [2.45, 2.75) is 27.2 Å². The number of ether oxygens (including phenoxy) is 2. The highest BCUT2D eigenvalue weighted by Gasteiger charge is 2.05. The lowest BCUT2D eigenvalue weighted by molar-refractivity contribution is 0.294. The van der Waals surface area contributed by atoms with Gasteiger partial charge in [-0.2, -0.15) is 5.10 Å². The van der Waals surface area contributed by atoms with E-state index in [1.165, 1.54) is 5.56 Å². The minimum Gasteiger partial charge on any atom is -0.493 e. The van der Waals surface area contributed by atoms with Crippen LogP contribution in [0.1, 0.15) is 30.0 Å². The summed E-state index contributed by atoms with van der Waals surface area (Å²) >= 11 is 5.29. The fraction of sp³-hybridized carbons (Fsp3) is 0.300. The van der Waals surface area contributed by atoms with Gasteiger partial charge >= 0.3 is 0 Å². The maximum Gasteiger partial charge on any atom is 0.191 e. The van der Waals surface area contributed by atoms with E-state index < -0.39 is 0 Å². The van der Waals surface area contributed by atoms with Crippen molar-refractivity contribution in [2.75, 3.05) is 19.0 Å². The van der Waals surface area contributed by atoms with Gasteiger partial charge in [-0.1, -0.05) is 19.1 Å². The van der Waals surface area contributed by atoms with Gasteiger partial charge in [-0.05, 0) is 73.4 Å². The van der Waals surface area contributed by atoms with Crippen LogP contribution in [0.25, 0.3) is 0 Å². The second-order valence-corrected chi connectivity index (χ2v) is 6.24. The molecule has 2 rings (SSSR count). The second kappa shape index (κ2) is 9.77. The highest BCUT2D eigenvalue weighted by Crippen LogP contribution is 2.27. The quantitative estimate of drug-likeness (QED) is 0.429. The number of rotatable bonds is 7. The van der Waals surface area contributed by atoms with Crippen molar-refractivity contribution >= 4 is 29.2 Å². The number of nitrogens with one attached hydrogen (secondary N) is 2. The van der Waals surface area contributed by atoms with Gasteiger partial charge < -0.3 is 14.8 Å². The Labute approximate surface area is 160 Å². The summed E-state index contributed by atoms with van der Waals surface area (Å²) < 4.78 is 11.0. The molecule has 2 aromatic carbocycles. The molecule has 0 bridgehead atoms. The maximum atomic E-state index is 5.65. The van der Waals surface area contributed by atoms with E-state index in [2.05, 4.69) is 42.7 Å². The van der Waals surface area contributed by atoms with Crippen LogP contribution in [0, 0.1) is 13.8 Å². The number of hydrogen-bond acceptors (Lipinski definition) is 4. The first-order valence-electron chi connectivity index (χ1n) is 8.52. The molecule has 2 N–H and O–H groups in total. The SMILES string of the molecule is CCCOc1ccc(/C=N\NC(=S)Nc2cccc(C)c2C)cc1OC. The molecule has 26 heavy (non-hydrogen) atoms. The minimum absolute atomic E-state index is 0.435. The predicted octanol–water partition coefficient (Wildman–Crippen LogP) is 4.42. The molecule has 0 aliphatic rings. The number of benzene rings is 2. The highest BCUT2D eigenvalue weighted by atomic mass is 32.1. The molecule has 0 unspecified atom stereocenters. The summed E-state index contributed by atoms with van der Waals surface area (Å²) in [5.74, 6) is 1.41. The molecule has 0 aromatic heterocycles. The number of methoxy groups -OCH3 is 1. The van der Waals surface area contributed by atoms with Crippen molar-refractivity contribution in [1.29, 1.82) is 0 Å². The average molecular weight is 372 g/mol. The van der Waals surface area contributed by atoms with E-state index >= 15 is 0 Å². The van der Waals surface area contributed by atoms with Gasteiger partial charge in [0.25, 0.3) is 0 Å². The zero-order valence-corrected chi connectivity index (χ0v) is 16.4. The fourth-order valence-corrected chi connectivity index (χ4v) is 2.46. The molecule has 0 aliphatic heterocycles. The number of aryl methyl sites for hydroxylation is 1. The Kier molecular flexibility index (Phi) is 7.41. The Morgan fingerprint density at radius 1 is 1.19 bits per heavy atom. The molecule has 0 fully saturated rings. The van der Waals surface area contributed by atoms with E-state index in [1.54, 1.807) is 13.3 Å². The molecule has 0 aliphatic carbocycles. The van der Waals surface area contributed by atoms with Gasteiger partial charge in [-0.15, -0.1) is 0 Å². The van der Waals surface area contributed by atoms with Crippen molar-refractivity contribution in [3.05, 3.63) is 53.1 Å². The third kappa shape index (κ3) is 5.46. The number of hydrogen-bond donors (Lipinski definition) is 2. The number of anilines is 1. The lowest BCUT2D eigenvalue weighted by Crippen LogP contribution is -2.24. The molecule has 0 radical (unpaired) electrons. The molecular formula is C20H25N3O2S. The van der Waals surface area contributed by atoms with Crippen molar-refractivity contribution in [3.63, 3.8) is 0 Å². The molecule has 0 atom stereocenters. The molecule has 5 nitrogen and oxygen atoms in total. The standard InChI is InChI=1S/C20H25N3O2S/c1-5-11-25-18-10-9-16(12-19(18)24-4)13-21-23-20(26)22-17-8-6-7-14(2)15(17)3/h6-10,12-13H,5,11H2,1-4H3,(H2,22,23,26)/b21-13-. The van der Waals surface area contributed by atoms with E-state index in [9.17, 15) is 0 Å². The van der Waals surface area contributed by atoms with Crippen LogP contribution in [-0.4, -0.2) is 25.0 Å². The average Bonchev–Trinajstić information content (AvgIpc) is 2.64. The first-order chi connectivity index (χ1) is 12.5. The van der Waals surface area contributed by atoms with Crippen LogP contribution in [0.15, 0.2) is 41.5 Å². The van der Waals surface area contributed by atoms with Gasteiger partial charge in [0, 0.05) is 5.69 Å². The number of hydrazone groups is 1. The molecule has 0 amide bonds. The smallest absolute Gasteiger partial charge is 0.191 e. The Balaban J connectivity index is 1.97. The molecule has 0 spiro atoms. The highest BCUT2D eigenvalue weighted by molar-refractivity contribution is 7.80. The van der Waals surface area contributed by atoms with Gasteiger partial charge in [0.1, 0.15) is 0 Å². The molecular weight excluding hydrogens is 346 g/mol. The first kappa shape index (κ1) is 19.7. The maximum absolute atomic E-state index is 5.65. The van der Waals surface area contributed by atoms with Crippen molar-refractivity contribution in [3.8, 4) is 11.5 Å². The summed E-state index contributed by atoms with van der Waals surface area (Å²) in [6, 6.07) is 11.7. The zero-order chi connectivity index (χ0) is 18.9. The van der Waals surface area contributed by atoms with Crippen molar-refractivity contribution in [2.24, 2.45) is 5.10 Å². The number of thiocarbonyl (C=S) groups is 1. The lowest BCUT2D eigenvalue weighted by Gasteiger charge is -2.12. The van der Waals surface area contributed by atoms with E-state index in [4.69, 9.17) is 21.7 Å². The van der Waals surface area contributed by atoms with Gasteiger partial charge in [-0.3, -0.25) is 5.43 Å². The fourth-order valence-electron chi connectivity index (χ4n) is 2.30. The Morgan fingerprint density at radius 2 is 2.00 bits per heavy atom. The lowest BCUT2D eigenvalue weighted by atomic mass is 10.1. The van der Waals surface area contributed by atoms with Crippen LogP contribution in [0.2, 0.25) is 0 Å². The van der Waals surface area contributed by atoms with Gasteiger partial charge in [0.15, 0.2) is 16.6 Å². The summed E-state index contributed by atoms with van der Waals surface area (Å²) in [4.78, 5) is 0. The summed E-state index contributed by atoms with van der Waals surface area (Å²) in [6.45, 7) is 6.84. The van der Waals surface area contributed by atoms with E-state index in [0.29, 0.717) is 17.5 Å². The van der Waals surface area contributed by atoms with Crippen LogP contribution in [-0.2, 0) is 0 Å². The zero-order valence-electron chi connectivity index (χ0n) is 15.6. The molecule has 2 aromatic rings. The molecule has 138 valence electrons. The summed E-state index contributed by atoms with van der Waals surface area (Å²) in [5, 5.41) is 7.77. The van der Waals surface area contributed by atoms with Crippen LogP contribution in [0.5, 0.6) is 11.5 Å². The molecule has 0 saturated heterocycles. The van der Waals surface area contributed by atoms with Crippen molar-refractivity contribution < 1.29 is 9.47 Å². The van der Waals surface area contributed by atoms with E-state index in [0.717, 1.165) is 29.0 Å². The third-order valence-electron chi connectivity index (χ3n) is 3.88. The van der Waals surface area contributed by atoms with Crippen LogP contribution in [0.4, 0.5) is 5.69 Å². The largest absolute Gasteiger partial charge is 0.493 e. The Morgan fingerprint density at radius 3 is 2.73 bits per heavy atom. The predicted molar refractivity (Wildman–Crippen MR) is 112 cm³/mol. The van der Waals surface area contributed by atoms with Crippen molar-refractivity contribution in [1.82, 2.24) is 5.43 Å². The van der Waals surface area contributed by atoms with E-state index in [1.807, 2.05) is 30.3 Å². The Bertz CT molecular complexity index is 791. The summed E-state index contributed by atoms with van der Waals surface area (Å²) in [6.07, 6.45) is 2.63. The van der Waals surface area contributed by atoms with Gasteiger partial charge in [-0.25, -0.2) is 0 Å². The second-order valence-electron chi connectivity index (χ2n) is 5.83. The monoisotopic (exact) mass is 371 g/mol. The molecule has 6 heteroatoms. The summed E-state index contributed by atoms with van der Waals surface area (Å²) in [5.41, 5.74) is 7.05.